The first-order valence-corrected chi connectivity index (χ1v) is 21.4. The summed E-state index contributed by atoms with van der Waals surface area (Å²) in [5.41, 5.74) is 16.0. The molecular weight excluding hydrogens is 681 g/mol. The summed E-state index contributed by atoms with van der Waals surface area (Å²) in [5.74, 6) is 5.15. The lowest BCUT2D eigenvalue weighted by atomic mass is 9.66. The largest absolute Gasteiger partial charge is 0.469 e. The summed E-state index contributed by atoms with van der Waals surface area (Å²) < 4.78 is 5.23. The van der Waals surface area contributed by atoms with E-state index in [0.717, 1.165) is 18.4 Å². The molecule has 0 radical (unpaired) electrons. The molecule has 262 valence electrons. The molecule has 10 aliphatic carbocycles. The van der Waals surface area contributed by atoms with Crippen LogP contribution in [-0.4, -0.2) is 13.1 Å². The molecule has 2 nitrogen and oxygen atoms in total. The minimum Gasteiger partial charge on any atom is -0.469 e. The summed E-state index contributed by atoms with van der Waals surface area (Å²) in [5, 5.41) is 22.7. The number of hydrogen-bond donors (Lipinski definition) is 0. The van der Waals surface area contributed by atoms with E-state index in [1.165, 1.54) is 29.0 Å². The zero-order valence-corrected chi connectivity index (χ0v) is 30.9. The number of benzene rings is 4. The fraction of sp³-hybridized carbons (Fsp3) is 0.278. The lowest BCUT2D eigenvalue weighted by Gasteiger charge is -2.38. The van der Waals surface area contributed by atoms with Gasteiger partial charge in [0.25, 0.3) is 0 Å². The monoisotopic (exact) mass is 714 g/mol. The minimum atomic E-state index is -0.100. The third-order valence-electron chi connectivity index (χ3n) is 18.8. The van der Waals surface area contributed by atoms with Crippen LogP contribution >= 0.6 is 0 Å². The van der Waals surface area contributed by atoms with Crippen LogP contribution in [0.2, 0.25) is 0 Å². The Hall–Kier alpha value is -5.47. The van der Waals surface area contributed by atoms with Gasteiger partial charge in [-0.3, -0.25) is 4.79 Å². The maximum absolute atomic E-state index is 12.7. The summed E-state index contributed by atoms with van der Waals surface area (Å²) in [6.45, 7) is 4.11. The molecule has 8 aromatic carbocycles. The fourth-order valence-corrected chi connectivity index (χ4v) is 17.6. The predicted octanol–water partition coefficient (Wildman–Crippen LogP) is 10.3. The molecule has 0 aromatic heterocycles. The molecule has 2 heteroatoms. The lowest BCUT2D eigenvalue weighted by Crippen LogP contribution is -2.42. The number of carbonyl (C=O) groups excluding carboxylic acids is 1. The van der Waals surface area contributed by atoms with Crippen molar-refractivity contribution in [3.63, 3.8) is 0 Å². The summed E-state index contributed by atoms with van der Waals surface area (Å²) >= 11 is 0. The van der Waals surface area contributed by atoms with Gasteiger partial charge in [-0.05, 0) is 179 Å². The molecule has 0 saturated heterocycles. The Balaban J connectivity index is 1.10. The van der Waals surface area contributed by atoms with Gasteiger partial charge in [0.2, 0.25) is 0 Å². The highest BCUT2D eigenvalue weighted by Gasteiger charge is 2.70. The summed E-state index contributed by atoms with van der Waals surface area (Å²) in [7, 11) is 1.54. The highest BCUT2D eigenvalue weighted by atomic mass is 16.5. The SMILES string of the molecule is C=Cc1ccc(C2(CCCC(=O)OC)C3c4c5c6c7c4c4c(c8ccc9c%10c%11c%12c%13c%14c(c7c%13c4c8c9%12)=C4C6C(C=C5)C5C=CC6C(C=C%10)C%11C=%14C6C45)C32)cc1. The molecule has 11 unspecified atom stereocenters. The van der Waals surface area contributed by atoms with Gasteiger partial charge < -0.3 is 4.74 Å². The highest BCUT2D eigenvalue weighted by Crippen LogP contribution is 2.81. The van der Waals surface area contributed by atoms with Gasteiger partial charge in [-0.15, -0.1) is 0 Å². The molecule has 0 spiro atoms. The molecule has 11 atom stereocenters. The molecule has 0 aliphatic heterocycles. The maximum atomic E-state index is 12.7. The molecular formula is C54H34O2. The Bertz CT molecular complexity index is 3650. The Morgan fingerprint density at radius 2 is 1.23 bits per heavy atom. The quantitative estimate of drug-likeness (QED) is 0.0974. The normalized spacial score (nSPS) is 35.0. The number of allylic oxidation sites excluding steroid dienone is 4. The topological polar surface area (TPSA) is 26.3 Å². The average Bonchev–Trinajstić information content (AvgIpc) is 3.84. The number of methoxy groups -OCH3 is 1. The number of ether oxygens (including phenoxy) is 1. The van der Waals surface area contributed by atoms with E-state index in [2.05, 4.69) is 79.4 Å². The number of fused-ring (bicyclic) bond motifs is 8. The summed E-state index contributed by atoms with van der Waals surface area (Å²) in [4.78, 5) is 12.7. The maximum Gasteiger partial charge on any atom is 0.305 e. The van der Waals surface area contributed by atoms with Gasteiger partial charge in [0.1, 0.15) is 0 Å². The van der Waals surface area contributed by atoms with Crippen molar-refractivity contribution in [2.24, 2.45) is 35.5 Å². The Morgan fingerprint density at radius 3 is 1.95 bits per heavy atom. The standard InChI is InChI=1S/C54H34O2/c1-3-19-6-8-20(9-7-19)54(18-4-5-29(55)56-2)52-38-27-16-14-25-23-12-10-21-22-11-13-24-26-15-17-28-37-35(26)42-33(24)31(22)40-30(21)32(23)41-34(25)36(27)43-45(38)46(39(28)53(52)54)44(37)51-49(42)47(40)48(41)50(43)51/h3,6-17,21-23,25,30-32,34,52-53H,1,4-5,18H2,2H3. The van der Waals surface area contributed by atoms with Crippen LogP contribution in [0, 0.1) is 35.5 Å². The number of rotatable bonds is 6. The van der Waals surface area contributed by atoms with Crippen molar-refractivity contribution in [3.05, 3.63) is 122 Å². The van der Waals surface area contributed by atoms with Gasteiger partial charge in [-0.2, -0.15) is 0 Å². The number of carbonyl (C=O) groups is 1. The van der Waals surface area contributed by atoms with Gasteiger partial charge in [0.05, 0.1) is 7.11 Å². The van der Waals surface area contributed by atoms with Gasteiger partial charge in [-0.1, -0.05) is 85.5 Å². The molecule has 56 heavy (non-hydrogen) atoms. The van der Waals surface area contributed by atoms with E-state index >= 15 is 0 Å². The second-order valence-electron chi connectivity index (χ2n) is 19.7. The first kappa shape index (κ1) is 27.2. The van der Waals surface area contributed by atoms with E-state index in [9.17, 15) is 4.79 Å². The second kappa shape index (κ2) is 7.77. The van der Waals surface area contributed by atoms with Crippen LogP contribution < -0.4 is 10.4 Å². The van der Waals surface area contributed by atoms with Crippen molar-refractivity contribution >= 4 is 100.0 Å². The van der Waals surface area contributed by atoms with Crippen molar-refractivity contribution in [1.29, 1.82) is 0 Å². The van der Waals surface area contributed by atoms with Crippen LogP contribution in [0.1, 0.15) is 87.4 Å². The number of esters is 1. The molecule has 18 rings (SSSR count). The van der Waals surface area contributed by atoms with E-state index in [1.54, 1.807) is 92.1 Å². The van der Waals surface area contributed by atoms with Crippen LogP contribution in [0.4, 0.5) is 0 Å². The van der Waals surface area contributed by atoms with Crippen LogP contribution in [0.5, 0.6) is 0 Å². The van der Waals surface area contributed by atoms with Gasteiger partial charge in [0, 0.05) is 35.5 Å². The van der Waals surface area contributed by atoms with Crippen LogP contribution in [-0.2, 0) is 14.9 Å². The Kier molecular flexibility index (Phi) is 3.77. The first-order chi connectivity index (χ1) is 27.7. The molecule has 8 aromatic rings. The first-order valence-electron chi connectivity index (χ1n) is 21.4. The highest BCUT2D eigenvalue weighted by molar-refractivity contribution is 6.50. The lowest BCUT2D eigenvalue weighted by molar-refractivity contribution is -0.140. The number of hydrogen-bond acceptors (Lipinski definition) is 2. The van der Waals surface area contributed by atoms with E-state index in [0.29, 0.717) is 65.6 Å². The van der Waals surface area contributed by atoms with Crippen molar-refractivity contribution < 1.29 is 9.53 Å². The van der Waals surface area contributed by atoms with Crippen molar-refractivity contribution in [1.82, 2.24) is 0 Å². The van der Waals surface area contributed by atoms with E-state index < -0.39 is 0 Å². The average molecular weight is 715 g/mol. The summed E-state index contributed by atoms with van der Waals surface area (Å²) in [6, 6.07) is 14.5. The molecule has 10 aliphatic rings. The second-order valence-corrected chi connectivity index (χ2v) is 19.7. The Morgan fingerprint density at radius 1 is 0.643 bits per heavy atom. The van der Waals surface area contributed by atoms with Crippen molar-refractivity contribution in [2.75, 3.05) is 7.11 Å². The van der Waals surface area contributed by atoms with Crippen LogP contribution in [0.3, 0.4) is 0 Å². The van der Waals surface area contributed by atoms with Crippen LogP contribution in [0.25, 0.3) is 94.0 Å². The third kappa shape index (κ3) is 2.19. The zero-order valence-electron chi connectivity index (χ0n) is 30.9. The molecule has 3 saturated carbocycles. The Labute approximate surface area is 321 Å². The predicted molar refractivity (Wildman–Crippen MR) is 225 cm³/mol. The minimum absolute atomic E-state index is 0.0988. The molecule has 0 bridgehead atoms. The fourth-order valence-electron chi connectivity index (χ4n) is 17.6. The van der Waals surface area contributed by atoms with Crippen molar-refractivity contribution in [2.45, 2.75) is 48.3 Å². The smallest absolute Gasteiger partial charge is 0.305 e. The van der Waals surface area contributed by atoms with Gasteiger partial charge in [0.15, 0.2) is 0 Å². The zero-order chi connectivity index (χ0) is 35.7. The van der Waals surface area contributed by atoms with Gasteiger partial charge in [-0.25, -0.2) is 0 Å². The van der Waals surface area contributed by atoms with E-state index in [-0.39, 0.29) is 11.4 Å². The van der Waals surface area contributed by atoms with E-state index in [1.807, 2.05) is 17.2 Å². The molecule has 3 fully saturated rings. The van der Waals surface area contributed by atoms with Gasteiger partial charge >= 0.3 is 5.97 Å². The molecule has 0 heterocycles. The molecule has 0 N–H and O–H groups in total. The summed E-state index contributed by atoms with van der Waals surface area (Å²) in [6.07, 6.45) is 20.3. The van der Waals surface area contributed by atoms with Crippen LogP contribution in [0.15, 0.2) is 67.3 Å². The molecule has 0 amide bonds. The van der Waals surface area contributed by atoms with E-state index in [4.69, 9.17) is 4.74 Å². The van der Waals surface area contributed by atoms with Crippen molar-refractivity contribution in [3.8, 4) is 0 Å². The third-order valence-corrected chi connectivity index (χ3v) is 18.8.